The number of carbonyl (C=O) groups is 1. The number of likely N-dealkylation sites (tertiary alicyclic amines) is 1. The van der Waals surface area contributed by atoms with Crippen LogP contribution in [0.4, 0.5) is 0 Å². The van der Waals surface area contributed by atoms with E-state index in [-0.39, 0.29) is 5.91 Å². The fourth-order valence-electron chi connectivity index (χ4n) is 2.89. The van der Waals surface area contributed by atoms with Crippen LogP contribution in [0, 0.1) is 0 Å². The predicted molar refractivity (Wildman–Crippen MR) is 87.1 cm³/mol. The number of hydrogen-bond acceptors (Lipinski definition) is 1. The van der Waals surface area contributed by atoms with E-state index in [2.05, 4.69) is 45.0 Å². The van der Waals surface area contributed by atoms with Crippen LogP contribution in [0.5, 0.6) is 0 Å². The van der Waals surface area contributed by atoms with Gasteiger partial charge >= 0.3 is 0 Å². The summed E-state index contributed by atoms with van der Waals surface area (Å²) in [6.07, 6.45) is 6.82. The zero-order valence-corrected chi connectivity index (χ0v) is 13.5. The van der Waals surface area contributed by atoms with Crippen molar-refractivity contribution in [2.24, 2.45) is 0 Å². The van der Waals surface area contributed by atoms with Crippen LogP contribution in [-0.4, -0.2) is 28.5 Å². The van der Waals surface area contributed by atoms with Crippen molar-refractivity contribution in [3.8, 4) is 0 Å². The Morgan fingerprint density at radius 3 is 2.33 bits per heavy atom. The van der Waals surface area contributed by atoms with Crippen molar-refractivity contribution in [1.29, 1.82) is 0 Å². The van der Waals surface area contributed by atoms with E-state index in [0.717, 1.165) is 36.0 Å². The lowest BCUT2D eigenvalue weighted by atomic mass is 10.0. The van der Waals surface area contributed by atoms with Crippen molar-refractivity contribution in [3.05, 3.63) is 58.8 Å². The fraction of sp³-hybridized carbons (Fsp3) is 0.353. The summed E-state index contributed by atoms with van der Waals surface area (Å²) in [7, 11) is 0. The topological polar surface area (TPSA) is 25.2 Å². The zero-order chi connectivity index (χ0) is 14.7. The molecule has 1 aliphatic heterocycles. The second kappa shape index (κ2) is 6.48. The molecule has 1 saturated heterocycles. The first kappa shape index (κ1) is 14.4. The summed E-state index contributed by atoms with van der Waals surface area (Å²) in [6, 6.07) is 12.7. The zero-order valence-electron chi connectivity index (χ0n) is 11.9. The first-order chi connectivity index (χ1) is 10.2. The molecule has 1 aliphatic rings. The highest BCUT2D eigenvalue weighted by molar-refractivity contribution is 9.10. The van der Waals surface area contributed by atoms with Crippen molar-refractivity contribution in [3.63, 3.8) is 0 Å². The molecule has 0 N–H and O–H groups in total. The van der Waals surface area contributed by atoms with Gasteiger partial charge in [-0.1, -0.05) is 28.1 Å². The van der Waals surface area contributed by atoms with Gasteiger partial charge in [-0.2, -0.15) is 0 Å². The Labute approximate surface area is 133 Å². The molecule has 0 saturated carbocycles. The molecule has 0 bridgehead atoms. The SMILES string of the molecule is O=C(Cc1ccc(Br)cc1)N1CCC(n2cccc2)CC1. The third kappa shape index (κ3) is 3.56. The van der Waals surface area contributed by atoms with Crippen LogP contribution in [0.25, 0.3) is 0 Å². The van der Waals surface area contributed by atoms with Gasteiger partial charge < -0.3 is 9.47 Å². The predicted octanol–water partition coefficient (Wildman–Crippen LogP) is 3.66. The molecule has 3 nitrogen and oxygen atoms in total. The monoisotopic (exact) mass is 346 g/mol. The number of benzene rings is 1. The highest BCUT2D eigenvalue weighted by atomic mass is 79.9. The summed E-state index contributed by atoms with van der Waals surface area (Å²) in [5, 5.41) is 0. The molecular formula is C17H19BrN2O. The van der Waals surface area contributed by atoms with Crippen LogP contribution in [-0.2, 0) is 11.2 Å². The van der Waals surface area contributed by atoms with Gasteiger partial charge in [0.05, 0.1) is 6.42 Å². The van der Waals surface area contributed by atoms with Crippen molar-refractivity contribution < 1.29 is 4.79 Å². The highest BCUT2D eigenvalue weighted by Gasteiger charge is 2.23. The standard InChI is InChI=1S/C17H19BrN2O/c18-15-5-3-14(4-6-15)13-17(21)20-11-7-16(8-12-20)19-9-1-2-10-19/h1-6,9-10,16H,7-8,11-13H2. The Bertz CT molecular complexity index is 584. The number of rotatable bonds is 3. The van der Waals surface area contributed by atoms with Gasteiger partial charge in [-0.25, -0.2) is 0 Å². The van der Waals surface area contributed by atoms with E-state index >= 15 is 0 Å². The summed E-state index contributed by atoms with van der Waals surface area (Å²) in [5.74, 6) is 0.239. The molecule has 4 heteroatoms. The van der Waals surface area contributed by atoms with E-state index in [9.17, 15) is 4.79 Å². The summed E-state index contributed by atoms with van der Waals surface area (Å²) in [5.41, 5.74) is 1.08. The minimum Gasteiger partial charge on any atom is -0.351 e. The maximum absolute atomic E-state index is 12.4. The van der Waals surface area contributed by atoms with Gasteiger partial charge in [0.1, 0.15) is 0 Å². The number of piperidine rings is 1. The molecule has 21 heavy (non-hydrogen) atoms. The Morgan fingerprint density at radius 2 is 1.71 bits per heavy atom. The van der Waals surface area contributed by atoms with Crippen LogP contribution >= 0.6 is 15.9 Å². The van der Waals surface area contributed by atoms with Gasteiger partial charge in [0.15, 0.2) is 0 Å². The fourth-order valence-corrected chi connectivity index (χ4v) is 3.16. The van der Waals surface area contributed by atoms with E-state index < -0.39 is 0 Å². The van der Waals surface area contributed by atoms with Crippen LogP contribution < -0.4 is 0 Å². The number of carbonyl (C=O) groups excluding carboxylic acids is 1. The van der Waals surface area contributed by atoms with E-state index in [0.29, 0.717) is 12.5 Å². The molecule has 0 aliphatic carbocycles. The van der Waals surface area contributed by atoms with Crippen LogP contribution in [0.2, 0.25) is 0 Å². The number of aromatic nitrogens is 1. The lowest BCUT2D eigenvalue weighted by molar-refractivity contribution is -0.131. The summed E-state index contributed by atoms with van der Waals surface area (Å²) < 4.78 is 3.31. The number of nitrogens with zero attached hydrogens (tertiary/aromatic N) is 2. The Balaban J connectivity index is 1.54. The molecule has 110 valence electrons. The molecule has 1 aromatic carbocycles. The molecule has 1 aromatic heterocycles. The molecule has 2 heterocycles. The second-order valence-corrected chi connectivity index (χ2v) is 6.46. The molecule has 2 aromatic rings. The molecule has 3 rings (SSSR count). The van der Waals surface area contributed by atoms with Crippen LogP contribution in [0.3, 0.4) is 0 Å². The van der Waals surface area contributed by atoms with Crippen molar-refractivity contribution >= 4 is 21.8 Å². The van der Waals surface area contributed by atoms with Crippen molar-refractivity contribution in [2.75, 3.05) is 13.1 Å². The van der Waals surface area contributed by atoms with Crippen molar-refractivity contribution in [1.82, 2.24) is 9.47 Å². The summed E-state index contributed by atoms with van der Waals surface area (Å²) in [6.45, 7) is 1.72. The molecule has 1 amide bonds. The Morgan fingerprint density at radius 1 is 1.10 bits per heavy atom. The van der Waals surface area contributed by atoms with E-state index in [1.54, 1.807) is 0 Å². The Hall–Kier alpha value is -1.55. The van der Waals surface area contributed by atoms with E-state index in [4.69, 9.17) is 0 Å². The van der Waals surface area contributed by atoms with Gasteiger partial charge in [0.25, 0.3) is 0 Å². The summed E-state index contributed by atoms with van der Waals surface area (Å²) >= 11 is 3.42. The lowest BCUT2D eigenvalue weighted by Crippen LogP contribution is -2.39. The smallest absolute Gasteiger partial charge is 0.226 e. The second-order valence-electron chi connectivity index (χ2n) is 5.55. The van der Waals surface area contributed by atoms with E-state index in [1.807, 2.05) is 29.2 Å². The van der Waals surface area contributed by atoms with Crippen LogP contribution in [0.1, 0.15) is 24.4 Å². The average Bonchev–Trinajstić information content (AvgIpc) is 3.04. The maximum Gasteiger partial charge on any atom is 0.226 e. The first-order valence-corrected chi connectivity index (χ1v) is 8.16. The minimum absolute atomic E-state index is 0.239. The Kier molecular flexibility index (Phi) is 4.44. The molecule has 0 atom stereocenters. The van der Waals surface area contributed by atoms with Gasteiger partial charge in [0.2, 0.25) is 5.91 Å². The number of amides is 1. The molecule has 0 spiro atoms. The highest BCUT2D eigenvalue weighted by Crippen LogP contribution is 2.23. The maximum atomic E-state index is 12.4. The van der Waals surface area contributed by atoms with Crippen LogP contribution in [0.15, 0.2) is 53.3 Å². The van der Waals surface area contributed by atoms with E-state index in [1.165, 1.54) is 0 Å². The molecule has 0 radical (unpaired) electrons. The minimum atomic E-state index is 0.239. The first-order valence-electron chi connectivity index (χ1n) is 7.37. The van der Waals surface area contributed by atoms with Gasteiger partial charge in [0, 0.05) is 36.0 Å². The largest absolute Gasteiger partial charge is 0.351 e. The van der Waals surface area contributed by atoms with Gasteiger partial charge in [-0.3, -0.25) is 4.79 Å². The molecule has 0 unspecified atom stereocenters. The van der Waals surface area contributed by atoms with Crippen molar-refractivity contribution in [2.45, 2.75) is 25.3 Å². The molecule has 1 fully saturated rings. The quantitative estimate of drug-likeness (QED) is 0.832. The summed E-state index contributed by atoms with van der Waals surface area (Å²) in [4.78, 5) is 14.4. The third-order valence-corrected chi connectivity index (χ3v) is 4.66. The molecular weight excluding hydrogens is 328 g/mol. The lowest BCUT2D eigenvalue weighted by Gasteiger charge is -2.33. The van der Waals surface area contributed by atoms with Gasteiger partial charge in [-0.05, 0) is 42.7 Å². The van der Waals surface area contributed by atoms with Gasteiger partial charge in [-0.15, -0.1) is 0 Å². The third-order valence-electron chi connectivity index (χ3n) is 4.13. The number of halogens is 1. The number of hydrogen-bond donors (Lipinski definition) is 0. The average molecular weight is 347 g/mol. The normalized spacial score (nSPS) is 16.1.